The molecule has 0 amide bonds. The zero-order chi connectivity index (χ0) is 20.3. The lowest BCUT2D eigenvalue weighted by atomic mass is 10.0. The fraction of sp³-hybridized carbons (Fsp3) is 0.0385. The van der Waals surface area contributed by atoms with E-state index in [2.05, 4.69) is 29.6 Å². The van der Waals surface area contributed by atoms with Crippen LogP contribution in [-0.4, -0.2) is 22.0 Å². The van der Waals surface area contributed by atoms with Crippen molar-refractivity contribution in [3.63, 3.8) is 0 Å². The summed E-state index contributed by atoms with van der Waals surface area (Å²) in [4.78, 5) is 14.5. The number of hydrogen-bond donors (Lipinski definition) is 1. The Hall–Kier alpha value is -4.05. The molecule has 30 heavy (non-hydrogen) atoms. The Bertz CT molecular complexity index is 1260. The maximum Gasteiger partial charge on any atom is 0.164 e. The number of aromatic nitrogens is 3. The first kappa shape index (κ1) is 18.0. The molecule has 0 spiro atoms. The molecule has 144 valence electrons. The van der Waals surface area contributed by atoms with E-state index in [1.165, 1.54) is 0 Å². The molecule has 1 aromatic heterocycles. The summed E-state index contributed by atoms with van der Waals surface area (Å²) in [5.41, 5.74) is 4.00. The number of fused-ring (bicyclic) bond motifs is 1. The van der Waals surface area contributed by atoms with Crippen LogP contribution in [0.5, 0.6) is 0 Å². The van der Waals surface area contributed by atoms with Crippen LogP contribution in [0, 0.1) is 0 Å². The molecule has 4 heteroatoms. The fourth-order valence-corrected chi connectivity index (χ4v) is 3.64. The van der Waals surface area contributed by atoms with Gasteiger partial charge in [-0.3, -0.25) is 0 Å². The van der Waals surface area contributed by atoms with E-state index in [0.717, 1.165) is 33.2 Å². The van der Waals surface area contributed by atoms with Crippen molar-refractivity contribution in [1.82, 2.24) is 15.0 Å². The summed E-state index contributed by atoms with van der Waals surface area (Å²) in [6.45, 7) is 0. The topological polar surface area (TPSA) is 50.7 Å². The van der Waals surface area contributed by atoms with Crippen molar-refractivity contribution < 1.29 is 0 Å². The van der Waals surface area contributed by atoms with Crippen LogP contribution in [0.3, 0.4) is 0 Å². The van der Waals surface area contributed by atoms with Crippen LogP contribution < -0.4 is 5.32 Å². The van der Waals surface area contributed by atoms with Crippen LogP contribution in [0.2, 0.25) is 0 Å². The summed E-state index contributed by atoms with van der Waals surface area (Å²) in [6, 6.07) is 32.5. The van der Waals surface area contributed by atoms with E-state index in [4.69, 9.17) is 15.0 Å². The Labute approximate surface area is 175 Å². The van der Waals surface area contributed by atoms with Gasteiger partial charge in [-0.15, -0.1) is 0 Å². The predicted molar refractivity (Wildman–Crippen MR) is 123 cm³/mol. The van der Waals surface area contributed by atoms with Gasteiger partial charge in [-0.25, -0.2) is 15.0 Å². The molecule has 0 aliphatic rings. The Kier molecular flexibility index (Phi) is 4.66. The Morgan fingerprint density at radius 1 is 0.500 bits per heavy atom. The number of benzene rings is 4. The quantitative estimate of drug-likeness (QED) is 0.406. The molecule has 0 bridgehead atoms. The summed E-state index contributed by atoms with van der Waals surface area (Å²) >= 11 is 0. The molecule has 0 aliphatic carbocycles. The summed E-state index contributed by atoms with van der Waals surface area (Å²) in [5, 5.41) is 5.51. The molecular weight excluding hydrogens is 368 g/mol. The first-order chi connectivity index (χ1) is 14.8. The molecule has 4 nitrogen and oxygen atoms in total. The lowest BCUT2D eigenvalue weighted by molar-refractivity contribution is 1.08. The van der Waals surface area contributed by atoms with Gasteiger partial charge >= 0.3 is 0 Å². The zero-order valence-corrected chi connectivity index (χ0v) is 16.6. The van der Waals surface area contributed by atoms with Gasteiger partial charge < -0.3 is 5.32 Å². The molecule has 0 saturated carbocycles. The largest absolute Gasteiger partial charge is 0.388 e. The van der Waals surface area contributed by atoms with Crippen LogP contribution in [0.15, 0.2) is 97.1 Å². The minimum absolute atomic E-state index is 0.668. The van der Waals surface area contributed by atoms with Gasteiger partial charge in [0.15, 0.2) is 17.5 Å². The SMILES string of the molecule is CNc1ccc(-c2nc(-c3ccccc3)nc(-c3ccccc3)n2)c2ccccc12. The molecule has 5 aromatic rings. The number of rotatable bonds is 4. The second-order valence-corrected chi connectivity index (χ2v) is 6.99. The molecule has 0 unspecified atom stereocenters. The third kappa shape index (κ3) is 3.29. The zero-order valence-electron chi connectivity index (χ0n) is 16.6. The average Bonchev–Trinajstić information content (AvgIpc) is 2.84. The molecule has 0 atom stereocenters. The van der Waals surface area contributed by atoms with Gasteiger partial charge in [0.05, 0.1) is 0 Å². The standard InChI is InChI=1S/C26H20N4/c1-27-23-17-16-22(20-14-8-9-15-21(20)23)26-29-24(18-10-4-2-5-11-18)28-25(30-26)19-12-6-3-7-13-19/h2-17,27H,1H3. The molecule has 4 aromatic carbocycles. The van der Waals surface area contributed by atoms with Gasteiger partial charge in [-0.05, 0) is 17.5 Å². The van der Waals surface area contributed by atoms with Crippen LogP contribution >= 0.6 is 0 Å². The summed E-state index contributed by atoms with van der Waals surface area (Å²) in [6.07, 6.45) is 0. The lowest BCUT2D eigenvalue weighted by Crippen LogP contribution is -2.01. The Morgan fingerprint density at radius 3 is 1.57 bits per heavy atom. The van der Waals surface area contributed by atoms with Crippen LogP contribution in [0.1, 0.15) is 0 Å². The predicted octanol–water partition coefficient (Wildman–Crippen LogP) is 6.07. The number of hydrogen-bond acceptors (Lipinski definition) is 4. The molecule has 0 aliphatic heterocycles. The second kappa shape index (κ2) is 7.76. The minimum atomic E-state index is 0.668. The third-order valence-electron chi connectivity index (χ3n) is 5.13. The van der Waals surface area contributed by atoms with E-state index in [9.17, 15) is 0 Å². The first-order valence-electron chi connectivity index (χ1n) is 9.90. The maximum absolute atomic E-state index is 4.86. The first-order valence-corrected chi connectivity index (χ1v) is 9.90. The highest BCUT2D eigenvalue weighted by molar-refractivity contribution is 6.02. The van der Waals surface area contributed by atoms with Crippen molar-refractivity contribution in [3.8, 4) is 34.2 Å². The highest BCUT2D eigenvalue weighted by atomic mass is 15.0. The van der Waals surface area contributed by atoms with Crippen molar-refractivity contribution in [2.45, 2.75) is 0 Å². The van der Waals surface area contributed by atoms with Crippen molar-refractivity contribution in [2.75, 3.05) is 12.4 Å². The summed E-state index contributed by atoms with van der Waals surface area (Å²) < 4.78 is 0. The normalized spacial score (nSPS) is 10.8. The van der Waals surface area contributed by atoms with Gasteiger partial charge in [0.2, 0.25) is 0 Å². The maximum atomic E-state index is 4.86. The molecule has 5 rings (SSSR count). The summed E-state index contributed by atoms with van der Waals surface area (Å²) in [7, 11) is 1.94. The molecule has 1 heterocycles. The molecular formula is C26H20N4. The van der Waals surface area contributed by atoms with E-state index in [1.54, 1.807) is 0 Å². The van der Waals surface area contributed by atoms with Crippen LogP contribution in [0.25, 0.3) is 44.9 Å². The minimum Gasteiger partial charge on any atom is -0.388 e. The van der Waals surface area contributed by atoms with Crippen molar-refractivity contribution in [1.29, 1.82) is 0 Å². The van der Waals surface area contributed by atoms with E-state index in [1.807, 2.05) is 79.8 Å². The Balaban J connectivity index is 1.78. The van der Waals surface area contributed by atoms with Gasteiger partial charge in [0.1, 0.15) is 0 Å². The Morgan fingerprint density at radius 2 is 1.00 bits per heavy atom. The second-order valence-electron chi connectivity index (χ2n) is 6.99. The van der Waals surface area contributed by atoms with Gasteiger partial charge in [-0.1, -0.05) is 84.9 Å². The third-order valence-corrected chi connectivity index (χ3v) is 5.13. The molecule has 0 fully saturated rings. The average molecular weight is 388 g/mol. The lowest BCUT2D eigenvalue weighted by Gasteiger charge is -2.12. The molecule has 0 radical (unpaired) electrons. The van der Waals surface area contributed by atoms with Crippen molar-refractivity contribution in [2.24, 2.45) is 0 Å². The monoisotopic (exact) mass is 388 g/mol. The van der Waals surface area contributed by atoms with E-state index < -0.39 is 0 Å². The van der Waals surface area contributed by atoms with Crippen molar-refractivity contribution >= 4 is 16.5 Å². The number of anilines is 1. The molecule has 0 saturated heterocycles. The number of nitrogens with zero attached hydrogens (tertiary/aromatic N) is 3. The van der Waals surface area contributed by atoms with E-state index in [0.29, 0.717) is 17.5 Å². The van der Waals surface area contributed by atoms with E-state index >= 15 is 0 Å². The highest BCUT2D eigenvalue weighted by Crippen LogP contribution is 2.33. The fourth-order valence-electron chi connectivity index (χ4n) is 3.64. The number of nitrogens with one attached hydrogen (secondary N) is 1. The molecule has 1 N–H and O–H groups in total. The highest BCUT2D eigenvalue weighted by Gasteiger charge is 2.14. The van der Waals surface area contributed by atoms with Crippen LogP contribution in [-0.2, 0) is 0 Å². The van der Waals surface area contributed by atoms with Gasteiger partial charge in [0.25, 0.3) is 0 Å². The van der Waals surface area contributed by atoms with E-state index in [-0.39, 0.29) is 0 Å². The van der Waals surface area contributed by atoms with Gasteiger partial charge in [0, 0.05) is 34.8 Å². The van der Waals surface area contributed by atoms with Gasteiger partial charge in [-0.2, -0.15) is 0 Å². The van der Waals surface area contributed by atoms with Crippen molar-refractivity contribution in [3.05, 3.63) is 97.1 Å². The smallest absolute Gasteiger partial charge is 0.164 e. The summed E-state index contributed by atoms with van der Waals surface area (Å²) in [5.74, 6) is 2.00. The van der Waals surface area contributed by atoms with Crippen LogP contribution in [0.4, 0.5) is 5.69 Å².